The maximum atomic E-state index is 12.5. The second-order valence-electron chi connectivity index (χ2n) is 6.63. The van der Waals surface area contributed by atoms with Gasteiger partial charge in [0.15, 0.2) is 0 Å². The fraction of sp³-hybridized carbons (Fsp3) is 0.200. The van der Waals surface area contributed by atoms with Crippen molar-refractivity contribution in [2.24, 2.45) is 0 Å². The number of carbonyl (C=O) groups is 2. The number of hydrogen-bond acceptors (Lipinski definition) is 6. The summed E-state index contributed by atoms with van der Waals surface area (Å²) >= 11 is 13.3. The van der Waals surface area contributed by atoms with Gasteiger partial charge in [-0.15, -0.1) is 10.2 Å². The summed E-state index contributed by atoms with van der Waals surface area (Å²) in [6.45, 7) is 0.494. The molecule has 1 fully saturated rings. The molecule has 1 atom stereocenters. The van der Waals surface area contributed by atoms with E-state index in [-0.39, 0.29) is 22.4 Å². The van der Waals surface area contributed by atoms with Crippen LogP contribution in [0.3, 0.4) is 0 Å². The molecule has 2 heterocycles. The highest BCUT2D eigenvalue weighted by molar-refractivity contribution is 7.15. The number of aromatic nitrogens is 2. The number of anilines is 2. The van der Waals surface area contributed by atoms with E-state index in [0.29, 0.717) is 28.1 Å². The van der Waals surface area contributed by atoms with E-state index in [0.717, 1.165) is 11.4 Å². The lowest BCUT2D eigenvalue weighted by atomic mass is 10.1. The lowest BCUT2D eigenvalue weighted by molar-refractivity contribution is -0.117. The van der Waals surface area contributed by atoms with E-state index in [1.54, 1.807) is 24.1 Å². The number of ether oxygens (including phenoxy) is 1. The van der Waals surface area contributed by atoms with E-state index < -0.39 is 5.91 Å². The Morgan fingerprint density at radius 1 is 1.20 bits per heavy atom. The highest BCUT2D eigenvalue weighted by atomic mass is 35.5. The van der Waals surface area contributed by atoms with Crippen molar-refractivity contribution in [2.75, 3.05) is 23.9 Å². The zero-order valence-corrected chi connectivity index (χ0v) is 18.1. The Labute approximate surface area is 186 Å². The van der Waals surface area contributed by atoms with Crippen LogP contribution in [-0.2, 0) is 4.79 Å². The summed E-state index contributed by atoms with van der Waals surface area (Å²) in [5.74, 6) is 0.216. The molecule has 7 nitrogen and oxygen atoms in total. The molecule has 1 aliphatic rings. The highest BCUT2D eigenvalue weighted by Crippen LogP contribution is 2.35. The number of methoxy groups -OCH3 is 1. The zero-order chi connectivity index (χ0) is 21.3. The van der Waals surface area contributed by atoms with Gasteiger partial charge in [-0.3, -0.25) is 14.9 Å². The Morgan fingerprint density at radius 2 is 1.97 bits per heavy atom. The molecule has 4 rings (SSSR count). The normalized spacial score (nSPS) is 16.0. The molecule has 10 heteroatoms. The van der Waals surface area contributed by atoms with Crippen LogP contribution < -0.4 is 15.0 Å². The van der Waals surface area contributed by atoms with Crippen molar-refractivity contribution < 1.29 is 14.3 Å². The SMILES string of the molecule is COc1ccc(N2CC(c3nnc(NC(=O)c4cc(Cl)ccc4Cl)s3)CC2=O)cc1. The lowest BCUT2D eigenvalue weighted by Gasteiger charge is -2.16. The van der Waals surface area contributed by atoms with Crippen LogP contribution >= 0.6 is 34.5 Å². The Bertz CT molecular complexity index is 1100. The first-order valence-corrected chi connectivity index (χ1v) is 10.6. The zero-order valence-electron chi connectivity index (χ0n) is 15.8. The van der Waals surface area contributed by atoms with Gasteiger partial charge in [0.1, 0.15) is 10.8 Å². The van der Waals surface area contributed by atoms with Crippen LogP contribution in [0.5, 0.6) is 5.75 Å². The van der Waals surface area contributed by atoms with Crippen molar-refractivity contribution in [1.29, 1.82) is 0 Å². The van der Waals surface area contributed by atoms with Crippen LogP contribution in [-0.4, -0.2) is 35.7 Å². The number of rotatable bonds is 5. The van der Waals surface area contributed by atoms with Gasteiger partial charge in [-0.25, -0.2) is 0 Å². The summed E-state index contributed by atoms with van der Waals surface area (Å²) in [4.78, 5) is 26.7. The van der Waals surface area contributed by atoms with Crippen molar-refractivity contribution in [3.63, 3.8) is 0 Å². The first kappa shape index (κ1) is 20.6. The topological polar surface area (TPSA) is 84.4 Å². The van der Waals surface area contributed by atoms with Gasteiger partial charge < -0.3 is 9.64 Å². The smallest absolute Gasteiger partial charge is 0.259 e. The maximum Gasteiger partial charge on any atom is 0.259 e. The van der Waals surface area contributed by atoms with Crippen molar-refractivity contribution in [1.82, 2.24) is 10.2 Å². The van der Waals surface area contributed by atoms with E-state index in [1.807, 2.05) is 24.3 Å². The summed E-state index contributed by atoms with van der Waals surface area (Å²) < 4.78 is 5.16. The van der Waals surface area contributed by atoms with Gasteiger partial charge in [0.05, 0.1) is 17.7 Å². The largest absolute Gasteiger partial charge is 0.497 e. The molecule has 0 radical (unpaired) electrons. The molecule has 3 aromatic rings. The monoisotopic (exact) mass is 462 g/mol. The van der Waals surface area contributed by atoms with Crippen LogP contribution in [0.1, 0.15) is 27.7 Å². The molecular formula is C20H16Cl2N4O3S. The molecule has 1 aromatic heterocycles. The van der Waals surface area contributed by atoms with E-state index >= 15 is 0 Å². The summed E-state index contributed by atoms with van der Waals surface area (Å²) in [5.41, 5.74) is 1.06. The number of hydrogen-bond donors (Lipinski definition) is 1. The molecule has 1 saturated heterocycles. The van der Waals surface area contributed by atoms with Crippen LogP contribution in [0, 0.1) is 0 Å². The van der Waals surface area contributed by atoms with Gasteiger partial charge in [0.2, 0.25) is 11.0 Å². The molecule has 1 aliphatic heterocycles. The average Bonchev–Trinajstić information content (AvgIpc) is 3.36. The Balaban J connectivity index is 1.45. The second kappa shape index (κ2) is 8.59. The molecule has 0 aliphatic carbocycles. The highest BCUT2D eigenvalue weighted by Gasteiger charge is 2.34. The third kappa shape index (κ3) is 4.26. The predicted octanol–water partition coefficient (Wildman–Crippen LogP) is 4.63. The molecule has 0 spiro atoms. The molecule has 154 valence electrons. The minimum Gasteiger partial charge on any atom is -0.497 e. The average molecular weight is 463 g/mol. The fourth-order valence-corrected chi connectivity index (χ4v) is 4.38. The van der Waals surface area contributed by atoms with Crippen LogP contribution in [0.25, 0.3) is 0 Å². The summed E-state index contributed by atoms with van der Waals surface area (Å²) in [5, 5.41) is 12.6. The van der Waals surface area contributed by atoms with Crippen LogP contribution in [0.2, 0.25) is 10.0 Å². The number of nitrogens with zero attached hydrogens (tertiary/aromatic N) is 3. The summed E-state index contributed by atoms with van der Waals surface area (Å²) in [6.07, 6.45) is 0.328. The van der Waals surface area contributed by atoms with Crippen molar-refractivity contribution >= 4 is 57.2 Å². The first-order valence-electron chi connectivity index (χ1n) is 8.99. The summed E-state index contributed by atoms with van der Waals surface area (Å²) in [7, 11) is 1.60. The number of carbonyl (C=O) groups excluding carboxylic acids is 2. The molecule has 2 aromatic carbocycles. The standard InChI is InChI=1S/C20H16Cl2N4O3S/c1-29-14-5-3-13(4-6-14)26-10-11(8-17(26)27)19-24-25-20(30-19)23-18(28)15-9-12(21)2-7-16(15)22/h2-7,9,11H,8,10H2,1H3,(H,23,25,28). The number of nitrogens with one attached hydrogen (secondary N) is 1. The minimum absolute atomic E-state index is 0.0108. The van der Waals surface area contributed by atoms with Gasteiger partial charge in [0.25, 0.3) is 5.91 Å². The van der Waals surface area contributed by atoms with E-state index in [1.165, 1.54) is 17.4 Å². The summed E-state index contributed by atoms with van der Waals surface area (Å²) in [6, 6.07) is 12.0. The van der Waals surface area contributed by atoms with Crippen LogP contribution in [0.15, 0.2) is 42.5 Å². The third-order valence-electron chi connectivity index (χ3n) is 4.69. The Hall–Kier alpha value is -2.68. The molecule has 0 bridgehead atoms. The van der Waals surface area contributed by atoms with Crippen molar-refractivity contribution in [3.05, 3.63) is 63.1 Å². The number of halogens is 2. The van der Waals surface area contributed by atoms with Gasteiger partial charge in [0, 0.05) is 29.6 Å². The molecule has 2 amide bonds. The fourth-order valence-electron chi connectivity index (χ4n) is 3.17. The maximum absolute atomic E-state index is 12.5. The molecule has 1 unspecified atom stereocenters. The van der Waals surface area contributed by atoms with E-state index in [2.05, 4.69) is 15.5 Å². The quantitative estimate of drug-likeness (QED) is 0.597. The predicted molar refractivity (Wildman–Crippen MR) is 117 cm³/mol. The Kier molecular flexibility index (Phi) is 5.90. The second-order valence-corrected chi connectivity index (χ2v) is 8.48. The minimum atomic E-state index is -0.424. The van der Waals surface area contributed by atoms with Gasteiger partial charge in [-0.1, -0.05) is 34.5 Å². The first-order chi connectivity index (χ1) is 14.4. The molecular weight excluding hydrogens is 447 g/mol. The number of amides is 2. The third-order valence-corrected chi connectivity index (χ3v) is 6.26. The lowest BCUT2D eigenvalue weighted by Crippen LogP contribution is -2.24. The van der Waals surface area contributed by atoms with E-state index in [9.17, 15) is 9.59 Å². The van der Waals surface area contributed by atoms with Gasteiger partial charge in [-0.2, -0.15) is 0 Å². The van der Waals surface area contributed by atoms with Crippen molar-refractivity contribution in [2.45, 2.75) is 12.3 Å². The van der Waals surface area contributed by atoms with Crippen LogP contribution in [0.4, 0.5) is 10.8 Å². The van der Waals surface area contributed by atoms with E-state index in [4.69, 9.17) is 27.9 Å². The van der Waals surface area contributed by atoms with Gasteiger partial charge in [-0.05, 0) is 42.5 Å². The Morgan fingerprint density at radius 3 is 2.70 bits per heavy atom. The number of benzene rings is 2. The molecule has 0 saturated carbocycles. The molecule has 1 N–H and O–H groups in total. The van der Waals surface area contributed by atoms with Gasteiger partial charge >= 0.3 is 0 Å². The van der Waals surface area contributed by atoms with Crippen molar-refractivity contribution in [3.8, 4) is 5.75 Å². The molecule has 30 heavy (non-hydrogen) atoms.